The third-order valence-corrected chi connectivity index (χ3v) is 4.18. The number of nitrogens with zero attached hydrogens (tertiary/aromatic N) is 3. The Morgan fingerprint density at radius 3 is 1.91 bits per heavy atom. The van der Waals surface area contributed by atoms with Gasteiger partial charge >= 0.3 is 5.97 Å². The molecular weight excluding hydrogens is 410 g/mol. The first kappa shape index (κ1) is 32.0. The molecule has 1 aromatic heterocycles. The molecule has 2 aromatic carbocycles. The van der Waals surface area contributed by atoms with Gasteiger partial charge in [0, 0.05) is 11.1 Å². The Balaban J connectivity index is 0. The molecule has 0 atom stereocenters. The molecule has 0 aliphatic carbocycles. The minimum absolute atomic E-state index is 0. The molecule has 0 spiro atoms. The van der Waals surface area contributed by atoms with E-state index in [0.717, 1.165) is 22.5 Å². The van der Waals surface area contributed by atoms with Crippen molar-refractivity contribution in [3.8, 4) is 5.69 Å². The van der Waals surface area contributed by atoms with Crippen LogP contribution in [-0.4, -0.2) is 26.3 Å². The molecule has 5 heteroatoms. The Kier molecular flexibility index (Phi) is 16.8. The molecule has 0 bridgehead atoms. The summed E-state index contributed by atoms with van der Waals surface area (Å²) in [7, 11) is 0. The second-order valence-electron chi connectivity index (χ2n) is 5.64. The van der Waals surface area contributed by atoms with Gasteiger partial charge in [-0.1, -0.05) is 111 Å². The first-order chi connectivity index (χ1) is 15.7. The van der Waals surface area contributed by atoms with Crippen LogP contribution in [0.2, 0.25) is 0 Å². The number of para-hydroxylation sites is 1. The molecule has 2 heterocycles. The number of hydrogen-bond donors (Lipinski definition) is 1. The number of aryl methyl sites for hydroxylation is 1. The summed E-state index contributed by atoms with van der Waals surface area (Å²) >= 11 is 0. The summed E-state index contributed by atoms with van der Waals surface area (Å²) in [5, 5.41) is 9.45. The van der Waals surface area contributed by atoms with Crippen LogP contribution in [0.1, 0.15) is 96.0 Å². The first-order valence-electron chi connectivity index (χ1n) is 11.7. The van der Waals surface area contributed by atoms with Gasteiger partial charge in [0.05, 0.1) is 23.6 Å². The van der Waals surface area contributed by atoms with E-state index in [0.29, 0.717) is 11.5 Å². The third-order valence-electron chi connectivity index (χ3n) is 4.18. The summed E-state index contributed by atoms with van der Waals surface area (Å²) in [5.41, 5.74) is 4.44. The maximum Gasteiger partial charge on any atom is 0.356 e. The third kappa shape index (κ3) is 7.41. The molecule has 3 aromatic rings. The molecular formula is C28H43N3O2. The minimum atomic E-state index is -1.03. The van der Waals surface area contributed by atoms with E-state index in [4.69, 9.17) is 4.99 Å². The van der Waals surface area contributed by atoms with Crippen LogP contribution in [0.25, 0.3) is 5.69 Å². The second kappa shape index (κ2) is 17.4. The molecule has 0 saturated heterocycles. The van der Waals surface area contributed by atoms with E-state index in [9.17, 15) is 9.90 Å². The number of benzene rings is 2. The van der Waals surface area contributed by atoms with Crippen molar-refractivity contribution in [3.05, 3.63) is 82.9 Å². The van der Waals surface area contributed by atoms with Gasteiger partial charge in [-0.25, -0.2) is 9.78 Å². The van der Waals surface area contributed by atoms with E-state index in [2.05, 4.69) is 4.98 Å². The van der Waals surface area contributed by atoms with E-state index >= 15 is 0 Å². The van der Waals surface area contributed by atoms with Crippen LogP contribution in [0.3, 0.4) is 0 Å². The Labute approximate surface area is 201 Å². The zero-order valence-electron chi connectivity index (χ0n) is 21.1. The number of rotatable bonds is 2. The van der Waals surface area contributed by atoms with Crippen LogP contribution in [0.15, 0.2) is 59.6 Å². The number of aromatic nitrogens is 2. The van der Waals surface area contributed by atoms with Crippen molar-refractivity contribution < 1.29 is 9.90 Å². The highest BCUT2D eigenvalue weighted by Crippen LogP contribution is 2.28. The predicted octanol–water partition coefficient (Wildman–Crippen LogP) is 7.97. The number of carbonyl (C=O) groups is 1. The zero-order chi connectivity index (χ0) is 24.7. The highest BCUT2D eigenvalue weighted by Gasteiger charge is 2.25. The van der Waals surface area contributed by atoms with Crippen molar-refractivity contribution in [1.82, 2.24) is 9.55 Å². The average molecular weight is 454 g/mol. The van der Waals surface area contributed by atoms with Gasteiger partial charge in [-0.05, 0) is 13.0 Å². The zero-order valence-corrected chi connectivity index (χ0v) is 21.1. The molecule has 1 aliphatic heterocycles. The molecule has 182 valence electrons. The molecule has 1 N–H and O–H groups in total. The SMILES string of the molecule is C.CC.CC.CC.CC.Cc1nc(C(=O)O)c2n1-c1ccccc1C(c1ccccc1)=NC2. The lowest BCUT2D eigenvalue weighted by Gasteiger charge is -2.12. The molecule has 0 amide bonds. The maximum atomic E-state index is 11.5. The molecule has 0 unspecified atom stereocenters. The number of fused-ring (bicyclic) bond motifs is 3. The summed E-state index contributed by atoms with van der Waals surface area (Å²) in [6.45, 7) is 18.1. The van der Waals surface area contributed by atoms with Gasteiger partial charge in [0.25, 0.3) is 0 Å². The Morgan fingerprint density at radius 1 is 0.848 bits per heavy atom. The van der Waals surface area contributed by atoms with Crippen LogP contribution >= 0.6 is 0 Å². The highest BCUT2D eigenvalue weighted by molar-refractivity contribution is 6.15. The maximum absolute atomic E-state index is 11.5. The van der Waals surface area contributed by atoms with Gasteiger partial charge in [-0.2, -0.15) is 0 Å². The molecule has 0 saturated carbocycles. The lowest BCUT2D eigenvalue weighted by atomic mass is 10.0. The first-order valence-corrected chi connectivity index (χ1v) is 11.7. The molecule has 0 radical (unpaired) electrons. The van der Waals surface area contributed by atoms with Crippen LogP contribution < -0.4 is 0 Å². The standard InChI is InChI=1S/C19H15N3O2.4C2H6.CH4/c1-12-21-18(19(23)24)16-11-20-17(13-7-3-2-4-8-13)14-9-5-6-10-15(14)22(12)16;4*1-2;/h2-10H,11H2,1H3,(H,23,24);4*1-2H3;1H4. The summed E-state index contributed by atoms with van der Waals surface area (Å²) in [4.78, 5) is 20.5. The molecule has 5 nitrogen and oxygen atoms in total. The molecule has 33 heavy (non-hydrogen) atoms. The van der Waals surface area contributed by atoms with Gasteiger partial charge in [-0.15, -0.1) is 0 Å². The summed E-state index contributed by atoms with van der Waals surface area (Å²) < 4.78 is 1.90. The lowest BCUT2D eigenvalue weighted by Crippen LogP contribution is -2.08. The Hall–Kier alpha value is -3.21. The van der Waals surface area contributed by atoms with E-state index in [1.165, 1.54) is 0 Å². The second-order valence-corrected chi connectivity index (χ2v) is 5.64. The average Bonchev–Trinajstić information content (AvgIpc) is 3.11. The van der Waals surface area contributed by atoms with Gasteiger partial charge in [0.15, 0.2) is 5.69 Å². The fourth-order valence-electron chi connectivity index (χ4n) is 3.16. The smallest absolute Gasteiger partial charge is 0.356 e. The lowest BCUT2D eigenvalue weighted by molar-refractivity contribution is 0.0689. The van der Waals surface area contributed by atoms with Gasteiger partial charge in [0.1, 0.15) is 5.82 Å². The van der Waals surface area contributed by atoms with Gasteiger partial charge in [-0.3, -0.25) is 9.56 Å². The fraction of sp³-hybridized carbons (Fsp3) is 0.393. The van der Waals surface area contributed by atoms with E-state index in [1.54, 1.807) is 0 Å². The topological polar surface area (TPSA) is 67.5 Å². The molecule has 4 rings (SSSR count). The number of aliphatic imine (C=N–C) groups is 1. The predicted molar refractivity (Wildman–Crippen MR) is 143 cm³/mol. The van der Waals surface area contributed by atoms with E-state index in [1.807, 2.05) is 121 Å². The van der Waals surface area contributed by atoms with Crippen LogP contribution in [0.5, 0.6) is 0 Å². The number of carboxylic acids is 1. The number of hydrogen-bond acceptors (Lipinski definition) is 3. The van der Waals surface area contributed by atoms with Gasteiger partial charge in [0.2, 0.25) is 0 Å². The summed E-state index contributed by atoms with van der Waals surface area (Å²) in [5.74, 6) is -0.373. The number of carboxylic acid groups (broad SMARTS) is 1. The van der Waals surface area contributed by atoms with Crippen LogP contribution in [-0.2, 0) is 6.54 Å². The van der Waals surface area contributed by atoms with Crippen molar-refractivity contribution in [1.29, 1.82) is 0 Å². The van der Waals surface area contributed by atoms with Crippen molar-refractivity contribution in [2.75, 3.05) is 0 Å². The van der Waals surface area contributed by atoms with Crippen molar-refractivity contribution in [3.63, 3.8) is 0 Å². The normalized spacial score (nSPS) is 10.0. The van der Waals surface area contributed by atoms with E-state index < -0.39 is 5.97 Å². The van der Waals surface area contributed by atoms with Crippen LogP contribution in [0.4, 0.5) is 0 Å². The fourth-order valence-corrected chi connectivity index (χ4v) is 3.16. The van der Waals surface area contributed by atoms with Crippen molar-refractivity contribution in [2.24, 2.45) is 4.99 Å². The monoisotopic (exact) mass is 453 g/mol. The molecule has 0 fully saturated rings. The Morgan fingerprint density at radius 2 is 1.36 bits per heavy atom. The number of imidazole rings is 1. The number of aromatic carboxylic acids is 1. The van der Waals surface area contributed by atoms with Crippen molar-refractivity contribution in [2.45, 2.75) is 76.3 Å². The summed E-state index contributed by atoms with van der Waals surface area (Å²) in [6.07, 6.45) is 0. The highest BCUT2D eigenvalue weighted by atomic mass is 16.4. The van der Waals surface area contributed by atoms with Crippen LogP contribution in [0, 0.1) is 6.92 Å². The van der Waals surface area contributed by atoms with Crippen molar-refractivity contribution >= 4 is 11.7 Å². The largest absolute Gasteiger partial charge is 0.476 e. The summed E-state index contributed by atoms with van der Waals surface area (Å²) in [6, 6.07) is 17.8. The quantitative estimate of drug-likeness (QED) is 0.428. The minimum Gasteiger partial charge on any atom is -0.476 e. The molecule has 1 aliphatic rings. The van der Waals surface area contributed by atoms with E-state index in [-0.39, 0.29) is 19.7 Å². The van der Waals surface area contributed by atoms with Gasteiger partial charge < -0.3 is 5.11 Å². The Bertz CT molecular complexity index is 974.